The van der Waals surface area contributed by atoms with Gasteiger partial charge in [0.2, 0.25) is 0 Å². The molecule has 1 aliphatic carbocycles. The molecule has 19 heavy (non-hydrogen) atoms. The summed E-state index contributed by atoms with van der Waals surface area (Å²) in [5.74, 6) is 1.96. The van der Waals surface area contributed by atoms with Crippen LogP contribution in [0.2, 0.25) is 0 Å². The third kappa shape index (κ3) is 3.87. The minimum Gasteiger partial charge on any atom is -0.357 e. The molecule has 1 aliphatic heterocycles. The maximum atomic E-state index is 4.82. The smallest absolute Gasteiger partial charge is 0.193 e. The molecule has 1 spiro atoms. The summed E-state index contributed by atoms with van der Waals surface area (Å²) in [4.78, 5) is 7.32. The predicted octanol–water partition coefficient (Wildman–Crippen LogP) is 3.26. The molecule has 0 radical (unpaired) electrons. The molecule has 1 saturated heterocycles. The molecule has 0 amide bonds. The predicted molar refractivity (Wildman–Crippen MR) is 82.5 cm³/mol. The van der Waals surface area contributed by atoms with E-state index in [1.807, 2.05) is 0 Å². The van der Waals surface area contributed by atoms with Gasteiger partial charge in [0.25, 0.3) is 0 Å². The van der Waals surface area contributed by atoms with E-state index in [-0.39, 0.29) is 0 Å². The Morgan fingerprint density at radius 3 is 2.63 bits per heavy atom. The average Bonchev–Trinajstić information content (AvgIpc) is 2.78. The summed E-state index contributed by atoms with van der Waals surface area (Å²) in [6, 6.07) is 0. The van der Waals surface area contributed by atoms with Gasteiger partial charge < -0.3 is 10.2 Å². The van der Waals surface area contributed by atoms with Crippen LogP contribution in [0.4, 0.5) is 0 Å². The minimum atomic E-state index is 0.661. The van der Waals surface area contributed by atoms with Gasteiger partial charge in [-0.15, -0.1) is 0 Å². The van der Waals surface area contributed by atoms with Crippen LogP contribution >= 0.6 is 0 Å². The molecule has 2 rings (SSSR count). The number of guanidine groups is 1. The summed E-state index contributed by atoms with van der Waals surface area (Å²) in [6.07, 6.45) is 8.20. The number of nitrogens with one attached hydrogen (secondary N) is 1. The van der Waals surface area contributed by atoms with Crippen molar-refractivity contribution in [3.05, 3.63) is 0 Å². The lowest BCUT2D eigenvalue weighted by Gasteiger charge is -2.38. The molecule has 0 aromatic rings. The van der Waals surface area contributed by atoms with Crippen LogP contribution in [0, 0.1) is 11.3 Å². The van der Waals surface area contributed by atoms with Gasteiger partial charge in [0.15, 0.2) is 5.96 Å². The van der Waals surface area contributed by atoms with Crippen LogP contribution < -0.4 is 5.32 Å². The maximum Gasteiger partial charge on any atom is 0.193 e. The van der Waals surface area contributed by atoms with Crippen molar-refractivity contribution in [2.75, 3.05) is 26.2 Å². The highest BCUT2D eigenvalue weighted by molar-refractivity contribution is 5.80. The molecule has 0 aromatic carbocycles. The number of nitrogens with zero attached hydrogens (tertiary/aromatic N) is 2. The van der Waals surface area contributed by atoms with E-state index >= 15 is 0 Å². The quantitative estimate of drug-likeness (QED) is 0.469. The van der Waals surface area contributed by atoms with Crippen molar-refractivity contribution in [3.63, 3.8) is 0 Å². The summed E-state index contributed by atoms with van der Waals surface area (Å²) in [6.45, 7) is 11.1. The average molecular weight is 265 g/mol. The molecule has 2 aliphatic rings. The lowest BCUT2D eigenvalue weighted by Crippen LogP contribution is -2.42. The molecular formula is C16H31N3. The van der Waals surface area contributed by atoms with Crippen molar-refractivity contribution in [2.24, 2.45) is 16.3 Å². The standard InChI is InChI=1S/C16H31N3/c1-4-17-15(18-11-5-7-14(2)3)19-12-10-16(13-19)8-6-9-16/h14H,4-13H2,1-3H3,(H,17,18). The van der Waals surface area contributed by atoms with Crippen LogP contribution in [0.3, 0.4) is 0 Å². The van der Waals surface area contributed by atoms with Crippen molar-refractivity contribution in [1.82, 2.24) is 10.2 Å². The van der Waals surface area contributed by atoms with E-state index in [0.717, 1.165) is 25.0 Å². The highest BCUT2D eigenvalue weighted by Gasteiger charge is 2.43. The van der Waals surface area contributed by atoms with Crippen molar-refractivity contribution >= 4 is 5.96 Å². The van der Waals surface area contributed by atoms with Crippen LogP contribution in [-0.4, -0.2) is 37.0 Å². The second-order valence-corrected chi connectivity index (χ2v) is 6.80. The first-order valence-electron chi connectivity index (χ1n) is 8.18. The minimum absolute atomic E-state index is 0.661. The van der Waals surface area contributed by atoms with Gasteiger partial charge in [0.05, 0.1) is 0 Å². The van der Waals surface area contributed by atoms with Gasteiger partial charge in [-0.2, -0.15) is 0 Å². The third-order valence-corrected chi connectivity index (χ3v) is 4.69. The largest absolute Gasteiger partial charge is 0.357 e. The van der Waals surface area contributed by atoms with Gasteiger partial charge in [-0.3, -0.25) is 4.99 Å². The molecule has 3 heteroatoms. The fraction of sp³-hybridized carbons (Fsp3) is 0.938. The lowest BCUT2D eigenvalue weighted by atomic mass is 9.68. The maximum absolute atomic E-state index is 4.82. The first-order valence-corrected chi connectivity index (χ1v) is 8.18. The number of aliphatic imine (C=N–C) groups is 1. The van der Waals surface area contributed by atoms with Crippen LogP contribution in [0.25, 0.3) is 0 Å². The van der Waals surface area contributed by atoms with E-state index in [1.165, 1.54) is 51.6 Å². The first kappa shape index (κ1) is 14.7. The first-order chi connectivity index (χ1) is 9.15. The van der Waals surface area contributed by atoms with E-state index in [1.54, 1.807) is 0 Å². The Morgan fingerprint density at radius 2 is 2.11 bits per heavy atom. The highest BCUT2D eigenvalue weighted by atomic mass is 15.3. The van der Waals surface area contributed by atoms with Crippen LogP contribution in [-0.2, 0) is 0 Å². The van der Waals surface area contributed by atoms with Gasteiger partial charge in [0.1, 0.15) is 0 Å². The monoisotopic (exact) mass is 265 g/mol. The zero-order chi connectivity index (χ0) is 13.7. The molecule has 110 valence electrons. The van der Waals surface area contributed by atoms with E-state index in [4.69, 9.17) is 4.99 Å². The van der Waals surface area contributed by atoms with E-state index < -0.39 is 0 Å². The summed E-state index contributed by atoms with van der Waals surface area (Å²) in [5.41, 5.74) is 0.661. The summed E-state index contributed by atoms with van der Waals surface area (Å²) in [7, 11) is 0. The fourth-order valence-electron chi connectivity index (χ4n) is 3.31. The number of rotatable bonds is 5. The van der Waals surface area contributed by atoms with Gasteiger partial charge in [0, 0.05) is 26.2 Å². The Hall–Kier alpha value is -0.730. The Labute approximate surface area is 118 Å². The normalized spacial score (nSPS) is 22.1. The second kappa shape index (κ2) is 6.62. The highest BCUT2D eigenvalue weighted by Crippen LogP contribution is 2.47. The third-order valence-electron chi connectivity index (χ3n) is 4.69. The molecule has 1 heterocycles. The van der Waals surface area contributed by atoms with E-state index in [2.05, 4.69) is 31.0 Å². The van der Waals surface area contributed by atoms with E-state index in [9.17, 15) is 0 Å². The molecular weight excluding hydrogens is 234 g/mol. The molecule has 0 aromatic heterocycles. The van der Waals surface area contributed by atoms with Gasteiger partial charge in [-0.1, -0.05) is 20.3 Å². The lowest BCUT2D eigenvalue weighted by molar-refractivity contribution is 0.151. The van der Waals surface area contributed by atoms with Crippen molar-refractivity contribution < 1.29 is 0 Å². The molecule has 3 nitrogen and oxygen atoms in total. The Bertz CT molecular complexity index is 305. The zero-order valence-electron chi connectivity index (χ0n) is 13.0. The van der Waals surface area contributed by atoms with Crippen LogP contribution in [0.5, 0.6) is 0 Å². The Kier molecular flexibility index (Phi) is 5.12. The zero-order valence-corrected chi connectivity index (χ0v) is 13.0. The molecule has 0 bridgehead atoms. The number of hydrogen-bond donors (Lipinski definition) is 1. The molecule has 1 N–H and O–H groups in total. The second-order valence-electron chi connectivity index (χ2n) is 6.80. The molecule has 2 fully saturated rings. The van der Waals surface area contributed by atoms with Crippen LogP contribution in [0.15, 0.2) is 4.99 Å². The topological polar surface area (TPSA) is 27.6 Å². The van der Waals surface area contributed by atoms with Crippen LogP contribution in [0.1, 0.15) is 59.3 Å². The molecule has 1 saturated carbocycles. The number of likely N-dealkylation sites (tertiary alicyclic amines) is 1. The molecule has 0 atom stereocenters. The fourth-order valence-corrected chi connectivity index (χ4v) is 3.31. The van der Waals surface area contributed by atoms with Gasteiger partial charge in [-0.25, -0.2) is 0 Å². The summed E-state index contributed by atoms with van der Waals surface area (Å²) in [5, 5.41) is 3.47. The number of hydrogen-bond acceptors (Lipinski definition) is 1. The van der Waals surface area contributed by atoms with Gasteiger partial charge >= 0.3 is 0 Å². The summed E-state index contributed by atoms with van der Waals surface area (Å²) >= 11 is 0. The van der Waals surface area contributed by atoms with Gasteiger partial charge in [-0.05, 0) is 50.4 Å². The Balaban J connectivity index is 1.83. The van der Waals surface area contributed by atoms with Crippen molar-refractivity contribution in [2.45, 2.75) is 59.3 Å². The summed E-state index contributed by atoms with van der Waals surface area (Å²) < 4.78 is 0. The van der Waals surface area contributed by atoms with Crippen molar-refractivity contribution in [3.8, 4) is 0 Å². The SMILES string of the molecule is CCNC(=NCCCC(C)C)N1CCC2(CCC2)C1. The molecule has 0 unspecified atom stereocenters. The van der Waals surface area contributed by atoms with Crippen molar-refractivity contribution in [1.29, 1.82) is 0 Å². The Morgan fingerprint density at radius 1 is 1.32 bits per heavy atom. The van der Waals surface area contributed by atoms with E-state index in [0.29, 0.717) is 5.41 Å².